The molecule has 0 saturated heterocycles. The van der Waals surface area contributed by atoms with E-state index in [1.54, 1.807) is 6.07 Å². The maximum absolute atomic E-state index is 12.5. The molecule has 0 unspecified atom stereocenters. The zero-order valence-corrected chi connectivity index (χ0v) is 16.4. The highest BCUT2D eigenvalue weighted by Gasteiger charge is 2.42. The van der Waals surface area contributed by atoms with Crippen molar-refractivity contribution in [2.24, 2.45) is 17.8 Å². The van der Waals surface area contributed by atoms with Crippen LogP contribution >= 0.6 is 0 Å². The summed E-state index contributed by atoms with van der Waals surface area (Å²) in [5.41, 5.74) is 0.329. The number of ether oxygens (including phenoxy) is 2. The molecule has 2 saturated carbocycles. The Bertz CT molecular complexity index is 893. The zero-order chi connectivity index (χ0) is 19.7. The first-order valence-electron chi connectivity index (χ1n) is 10.1. The van der Waals surface area contributed by atoms with Gasteiger partial charge in [-0.3, -0.25) is 4.79 Å². The number of methoxy groups -OCH3 is 1. The fourth-order valence-electron chi connectivity index (χ4n) is 5.07. The average molecular weight is 381 g/mol. The molecule has 2 aliphatic rings. The van der Waals surface area contributed by atoms with Crippen LogP contribution in [0.1, 0.15) is 43.0 Å². The van der Waals surface area contributed by atoms with Crippen LogP contribution < -0.4 is 10.1 Å². The summed E-state index contributed by atoms with van der Waals surface area (Å²) in [6, 6.07) is 11.4. The van der Waals surface area contributed by atoms with E-state index in [0.717, 1.165) is 22.6 Å². The van der Waals surface area contributed by atoms with E-state index < -0.39 is 5.97 Å². The summed E-state index contributed by atoms with van der Waals surface area (Å²) in [7, 11) is 1.52. The molecule has 2 aromatic rings. The topological polar surface area (TPSA) is 64.6 Å². The summed E-state index contributed by atoms with van der Waals surface area (Å²) < 4.78 is 10.6. The first-order valence-corrected chi connectivity index (χ1v) is 10.1. The van der Waals surface area contributed by atoms with Crippen LogP contribution in [0.3, 0.4) is 0 Å². The third kappa shape index (κ3) is 3.71. The number of amides is 1. The van der Waals surface area contributed by atoms with Crippen LogP contribution in [-0.2, 0) is 9.53 Å². The second-order valence-electron chi connectivity index (χ2n) is 8.17. The third-order valence-corrected chi connectivity index (χ3v) is 6.45. The number of hydrogen-bond acceptors (Lipinski definition) is 4. The van der Waals surface area contributed by atoms with Crippen molar-refractivity contribution in [1.29, 1.82) is 0 Å². The van der Waals surface area contributed by atoms with E-state index in [-0.39, 0.29) is 18.6 Å². The van der Waals surface area contributed by atoms with Crippen molar-refractivity contribution < 1.29 is 19.1 Å². The van der Waals surface area contributed by atoms with Gasteiger partial charge in [-0.15, -0.1) is 0 Å². The van der Waals surface area contributed by atoms with E-state index in [0.29, 0.717) is 17.2 Å². The summed E-state index contributed by atoms with van der Waals surface area (Å²) in [5.74, 6) is 1.78. The van der Waals surface area contributed by atoms with Crippen molar-refractivity contribution >= 4 is 22.6 Å². The van der Waals surface area contributed by atoms with Gasteiger partial charge < -0.3 is 14.8 Å². The molecule has 2 fully saturated rings. The van der Waals surface area contributed by atoms with E-state index in [1.807, 2.05) is 30.3 Å². The molecule has 2 aromatic carbocycles. The predicted octanol–water partition coefficient (Wildman–Crippen LogP) is 3.95. The van der Waals surface area contributed by atoms with Crippen LogP contribution in [0, 0.1) is 17.8 Å². The number of esters is 1. The van der Waals surface area contributed by atoms with Gasteiger partial charge in [0.15, 0.2) is 6.61 Å². The van der Waals surface area contributed by atoms with Crippen molar-refractivity contribution in [2.45, 2.75) is 38.6 Å². The van der Waals surface area contributed by atoms with Crippen LogP contribution in [-0.4, -0.2) is 31.6 Å². The number of nitrogens with one attached hydrogen (secondary N) is 1. The lowest BCUT2D eigenvalue weighted by Gasteiger charge is -2.28. The van der Waals surface area contributed by atoms with Gasteiger partial charge in [-0.1, -0.05) is 30.7 Å². The lowest BCUT2D eigenvalue weighted by atomic mass is 9.84. The maximum atomic E-state index is 12.5. The van der Waals surface area contributed by atoms with Gasteiger partial charge in [0.2, 0.25) is 0 Å². The lowest BCUT2D eigenvalue weighted by Crippen LogP contribution is -2.42. The molecule has 28 heavy (non-hydrogen) atoms. The van der Waals surface area contributed by atoms with Crippen LogP contribution in [0.5, 0.6) is 5.75 Å². The third-order valence-electron chi connectivity index (χ3n) is 6.45. The van der Waals surface area contributed by atoms with Crippen molar-refractivity contribution in [3.05, 3.63) is 42.0 Å². The van der Waals surface area contributed by atoms with Gasteiger partial charge in [0.1, 0.15) is 11.3 Å². The minimum atomic E-state index is -0.551. The predicted molar refractivity (Wildman–Crippen MR) is 107 cm³/mol. The average Bonchev–Trinajstić information content (AvgIpc) is 3.34. The molecule has 148 valence electrons. The molecule has 5 heteroatoms. The number of hydrogen-bond donors (Lipinski definition) is 1. The Kier molecular flexibility index (Phi) is 5.25. The molecule has 0 heterocycles. The van der Waals surface area contributed by atoms with Gasteiger partial charge in [0.05, 0.1) is 7.11 Å². The van der Waals surface area contributed by atoms with E-state index in [9.17, 15) is 9.59 Å². The maximum Gasteiger partial charge on any atom is 0.342 e. The number of carbonyl (C=O) groups excluding carboxylic acids is 2. The number of fused-ring (bicyclic) bond motifs is 3. The summed E-state index contributed by atoms with van der Waals surface area (Å²) in [5, 5.41) is 4.93. The molecule has 0 aliphatic heterocycles. The highest BCUT2D eigenvalue weighted by molar-refractivity contribution is 5.99. The van der Waals surface area contributed by atoms with Crippen molar-refractivity contribution in [1.82, 2.24) is 5.32 Å². The fraction of sp³-hybridized carbons (Fsp3) is 0.478. The first-order chi connectivity index (χ1) is 13.5. The van der Waals surface area contributed by atoms with Crippen molar-refractivity contribution in [2.75, 3.05) is 13.7 Å². The summed E-state index contributed by atoms with van der Waals surface area (Å²) in [6.45, 7) is 1.79. The van der Waals surface area contributed by atoms with Gasteiger partial charge in [0, 0.05) is 6.04 Å². The van der Waals surface area contributed by atoms with Crippen molar-refractivity contribution in [3.63, 3.8) is 0 Å². The minimum Gasteiger partial charge on any atom is -0.496 e. The van der Waals surface area contributed by atoms with Gasteiger partial charge in [-0.05, 0) is 66.8 Å². The van der Waals surface area contributed by atoms with Crippen LogP contribution in [0.25, 0.3) is 10.8 Å². The second-order valence-corrected chi connectivity index (χ2v) is 8.17. The van der Waals surface area contributed by atoms with Gasteiger partial charge >= 0.3 is 5.97 Å². The smallest absolute Gasteiger partial charge is 0.342 e. The van der Waals surface area contributed by atoms with Gasteiger partial charge in [-0.2, -0.15) is 0 Å². The summed E-state index contributed by atoms with van der Waals surface area (Å²) in [4.78, 5) is 24.8. The zero-order valence-electron chi connectivity index (χ0n) is 16.4. The molecular formula is C23H27NO4. The Morgan fingerprint density at radius 1 is 1.14 bits per heavy atom. The second kappa shape index (κ2) is 7.82. The van der Waals surface area contributed by atoms with Gasteiger partial charge in [-0.25, -0.2) is 4.79 Å². The standard InChI is InChI=1S/C23H27NO4/c1-14(19-10-15-7-8-18(19)9-15)24-22(25)13-28-23(26)20-11-16-5-3-4-6-17(16)12-21(20)27-2/h3-6,11-12,14-15,18-19H,7-10,13H2,1-2H3,(H,24,25)/t14-,15-,18-,19+/m0/s1. The molecule has 5 nitrogen and oxygen atoms in total. The van der Waals surface area contributed by atoms with E-state index in [4.69, 9.17) is 9.47 Å². The SMILES string of the molecule is COc1cc2ccccc2cc1C(=O)OCC(=O)N[C@@H](C)[C@H]1C[C@H]2CC[C@H]1C2. The Hall–Kier alpha value is -2.56. The molecule has 2 bridgehead atoms. The van der Waals surface area contributed by atoms with Crippen LogP contribution in [0.15, 0.2) is 36.4 Å². The number of carbonyl (C=O) groups is 2. The Morgan fingerprint density at radius 2 is 1.89 bits per heavy atom. The Morgan fingerprint density at radius 3 is 2.54 bits per heavy atom. The first kappa shape index (κ1) is 18.8. The molecule has 1 N–H and O–H groups in total. The molecule has 1 amide bonds. The Labute approximate surface area is 165 Å². The van der Waals surface area contributed by atoms with Crippen LogP contribution in [0.2, 0.25) is 0 Å². The van der Waals surface area contributed by atoms with Crippen LogP contribution in [0.4, 0.5) is 0 Å². The van der Waals surface area contributed by atoms with Crippen molar-refractivity contribution in [3.8, 4) is 5.75 Å². The molecule has 0 spiro atoms. The van der Waals surface area contributed by atoms with Gasteiger partial charge in [0.25, 0.3) is 5.91 Å². The molecular weight excluding hydrogens is 354 g/mol. The molecule has 0 radical (unpaired) electrons. The summed E-state index contributed by atoms with van der Waals surface area (Å²) >= 11 is 0. The number of benzene rings is 2. The molecule has 4 atom stereocenters. The molecule has 4 rings (SSSR count). The van der Waals surface area contributed by atoms with E-state index in [2.05, 4.69) is 12.2 Å². The highest BCUT2D eigenvalue weighted by Crippen LogP contribution is 2.49. The fourth-order valence-corrected chi connectivity index (χ4v) is 5.07. The molecule has 0 aromatic heterocycles. The minimum absolute atomic E-state index is 0.122. The lowest BCUT2D eigenvalue weighted by molar-refractivity contribution is -0.125. The largest absolute Gasteiger partial charge is 0.496 e. The normalized spacial score (nSPS) is 24.1. The quantitative estimate of drug-likeness (QED) is 0.770. The van der Waals surface area contributed by atoms with E-state index in [1.165, 1.54) is 32.8 Å². The highest BCUT2D eigenvalue weighted by atomic mass is 16.5. The van der Waals surface area contributed by atoms with E-state index >= 15 is 0 Å². The summed E-state index contributed by atoms with van der Waals surface area (Å²) in [6.07, 6.45) is 5.14. The molecule has 2 aliphatic carbocycles. The Balaban J connectivity index is 1.36. The monoisotopic (exact) mass is 381 g/mol. The number of rotatable bonds is 6.